The van der Waals surface area contributed by atoms with Gasteiger partial charge in [-0.15, -0.1) is 0 Å². The average molecular weight is 263 g/mol. The van der Waals surface area contributed by atoms with Crippen LogP contribution in [0.15, 0.2) is 30.3 Å². The fourth-order valence-corrected chi connectivity index (χ4v) is 1.48. The Morgan fingerprint density at radius 2 is 1.63 bits per heavy atom. The van der Waals surface area contributed by atoms with Crippen LogP contribution >= 0.6 is 0 Å². The van der Waals surface area contributed by atoms with Crippen LogP contribution in [0.25, 0.3) is 0 Å². The highest BCUT2D eigenvalue weighted by Crippen LogP contribution is 1.96. The van der Waals surface area contributed by atoms with Gasteiger partial charge in [0.1, 0.15) is 0 Å². The summed E-state index contributed by atoms with van der Waals surface area (Å²) in [7, 11) is 0. The lowest BCUT2D eigenvalue weighted by Gasteiger charge is -2.07. The van der Waals surface area contributed by atoms with Crippen LogP contribution in [-0.2, 0) is 16.1 Å². The summed E-state index contributed by atoms with van der Waals surface area (Å²) >= 11 is 0. The predicted molar refractivity (Wildman–Crippen MR) is 74.5 cm³/mol. The minimum absolute atomic E-state index is 0.0855. The van der Waals surface area contributed by atoms with Crippen LogP contribution in [0.2, 0.25) is 0 Å². The SMILES string of the molecule is CCCNC(=O)CNCC(=O)NCc1ccccc1. The summed E-state index contributed by atoms with van der Waals surface area (Å²) in [6.45, 7) is 3.47. The maximum Gasteiger partial charge on any atom is 0.234 e. The molecule has 0 radical (unpaired) electrons. The first-order valence-electron chi connectivity index (χ1n) is 6.50. The van der Waals surface area contributed by atoms with E-state index < -0.39 is 0 Å². The zero-order valence-electron chi connectivity index (χ0n) is 11.2. The first kappa shape index (κ1) is 15.2. The summed E-state index contributed by atoms with van der Waals surface area (Å²) in [5.74, 6) is -0.204. The van der Waals surface area contributed by atoms with Crippen molar-refractivity contribution < 1.29 is 9.59 Å². The van der Waals surface area contributed by atoms with Crippen LogP contribution in [0.4, 0.5) is 0 Å². The van der Waals surface area contributed by atoms with E-state index in [1.807, 2.05) is 37.3 Å². The normalized spacial score (nSPS) is 9.95. The van der Waals surface area contributed by atoms with Crippen molar-refractivity contribution in [3.8, 4) is 0 Å². The zero-order valence-corrected chi connectivity index (χ0v) is 11.2. The van der Waals surface area contributed by atoms with Gasteiger partial charge in [0.15, 0.2) is 0 Å². The quantitative estimate of drug-likeness (QED) is 0.636. The van der Waals surface area contributed by atoms with Gasteiger partial charge in [-0.05, 0) is 12.0 Å². The molecule has 0 spiro atoms. The Morgan fingerprint density at radius 1 is 1.00 bits per heavy atom. The number of carbonyl (C=O) groups is 2. The average Bonchev–Trinajstić information content (AvgIpc) is 2.44. The zero-order chi connectivity index (χ0) is 13.9. The molecular weight excluding hydrogens is 242 g/mol. The summed E-state index contributed by atoms with van der Waals surface area (Å²) in [5, 5.41) is 8.32. The third-order valence-corrected chi connectivity index (χ3v) is 2.48. The number of carbonyl (C=O) groups excluding carboxylic acids is 2. The van der Waals surface area contributed by atoms with Crippen LogP contribution in [-0.4, -0.2) is 31.4 Å². The van der Waals surface area contributed by atoms with Crippen molar-refractivity contribution in [2.45, 2.75) is 19.9 Å². The van der Waals surface area contributed by atoms with Gasteiger partial charge in [-0.2, -0.15) is 0 Å². The number of amides is 2. The second kappa shape index (κ2) is 9.10. The van der Waals surface area contributed by atoms with E-state index in [1.54, 1.807) is 0 Å². The van der Waals surface area contributed by atoms with Crippen molar-refractivity contribution in [3.63, 3.8) is 0 Å². The number of benzene rings is 1. The standard InChI is InChI=1S/C14H21N3O2/c1-2-8-16-13(18)10-15-11-14(19)17-9-12-6-4-3-5-7-12/h3-7,15H,2,8-11H2,1H3,(H,16,18)(H,17,19). The second-order valence-electron chi connectivity index (χ2n) is 4.22. The van der Waals surface area contributed by atoms with E-state index in [9.17, 15) is 9.59 Å². The van der Waals surface area contributed by atoms with E-state index in [-0.39, 0.29) is 24.9 Å². The van der Waals surface area contributed by atoms with Gasteiger partial charge in [-0.3, -0.25) is 14.9 Å². The number of hydrogen-bond acceptors (Lipinski definition) is 3. The molecule has 19 heavy (non-hydrogen) atoms. The smallest absolute Gasteiger partial charge is 0.234 e. The van der Waals surface area contributed by atoms with Crippen molar-refractivity contribution in [1.29, 1.82) is 0 Å². The Morgan fingerprint density at radius 3 is 2.26 bits per heavy atom. The summed E-state index contributed by atoms with van der Waals surface area (Å²) in [6.07, 6.45) is 0.906. The van der Waals surface area contributed by atoms with E-state index in [4.69, 9.17) is 0 Å². The number of rotatable bonds is 8. The second-order valence-corrected chi connectivity index (χ2v) is 4.22. The van der Waals surface area contributed by atoms with Gasteiger partial charge in [-0.1, -0.05) is 37.3 Å². The fourth-order valence-electron chi connectivity index (χ4n) is 1.48. The molecule has 0 heterocycles. The first-order chi connectivity index (χ1) is 9.22. The van der Waals surface area contributed by atoms with E-state index in [0.717, 1.165) is 12.0 Å². The summed E-state index contributed by atoms with van der Waals surface area (Å²) in [5.41, 5.74) is 1.05. The molecule has 1 rings (SSSR count). The molecular formula is C14H21N3O2. The molecule has 1 aromatic carbocycles. The van der Waals surface area contributed by atoms with Crippen molar-refractivity contribution >= 4 is 11.8 Å². The molecule has 0 atom stereocenters. The minimum Gasteiger partial charge on any atom is -0.355 e. The Balaban J connectivity index is 2.10. The van der Waals surface area contributed by atoms with Gasteiger partial charge in [0.2, 0.25) is 11.8 Å². The first-order valence-corrected chi connectivity index (χ1v) is 6.50. The van der Waals surface area contributed by atoms with Gasteiger partial charge in [-0.25, -0.2) is 0 Å². The van der Waals surface area contributed by atoms with Gasteiger partial charge in [0.05, 0.1) is 13.1 Å². The van der Waals surface area contributed by atoms with Crippen molar-refractivity contribution in [2.24, 2.45) is 0 Å². The molecule has 0 saturated carbocycles. The third kappa shape index (κ3) is 7.21. The molecule has 0 bridgehead atoms. The highest BCUT2D eigenvalue weighted by atomic mass is 16.2. The highest BCUT2D eigenvalue weighted by molar-refractivity contribution is 5.81. The Kier molecular flexibility index (Phi) is 7.27. The Labute approximate surface area is 113 Å². The van der Waals surface area contributed by atoms with Gasteiger partial charge >= 0.3 is 0 Å². The van der Waals surface area contributed by atoms with Crippen LogP contribution in [0, 0.1) is 0 Å². The van der Waals surface area contributed by atoms with Crippen molar-refractivity contribution in [3.05, 3.63) is 35.9 Å². The number of hydrogen-bond donors (Lipinski definition) is 3. The van der Waals surface area contributed by atoms with Crippen LogP contribution in [0.1, 0.15) is 18.9 Å². The Bertz CT molecular complexity index is 393. The molecule has 0 fully saturated rings. The van der Waals surface area contributed by atoms with Crippen LogP contribution in [0.5, 0.6) is 0 Å². The van der Waals surface area contributed by atoms with Gasteiger partial charge in [0.25, 0.3) is 0 Å². The lowest BCUT2D eigenvalue weighted by atomic mass is 10.2. The van der Waals surface area contributed by atoms with E-state index in [0.29, 0.717) is 13.1 Å². The van der Waals surface area contributed by atoms with Crippen LogP contribution < -0.4 is 16.0 Å². The molecule has 104 valence electrons. The monoisotopic (exact) mass is 263 g/mol. The lowest BCUT2D eigenvalue weighted by molar-refractivity contribution is -0.121. The molecule has 0 aliphatic rings. The Hall–Kier alpha value is -1.88. The molecule has 0 aromatic heterocycles. The molecule has 3 N–H and O–H groups in total. The van der Waals surface area contributed by atoms with Crippen molar-refractivity contribution in [1.82, 2.24) is 16.0 Å². The third-order valence-electron chi connectivity index (χ3n) is 2.48. The maximum absolute atomic E-state index is 11.5. The summed E-state index contributed by atoms with van der Waals surface area (Å²) in [6, 6.07) is 9.69. The van der Waals surface area contributed by atoms with E-state index in [1.165, 1.54) is 0 Å². The summed E-state index contributed by atoms with van der Waals surface area (Å²) < 4.78 is 0. The predicted octanol–water partition coefficient (Wildman–Crippen LogP) is 0.419. The van der Waals surface area contributed by atoms with Crippen LogP contribution in [0.3, 0.4) is 0 Å². The van der Waals surface area contributed by atoms with E-state index in [2.05, 4.69) is 16.0 Å². The molecule has 5 heteroatoms. The largest absolute Gasteiger partial charge is 0.355 e. The fraction of sp³-hybridized carbons (Fsp3) is 0.429. The topological polar surface area (TPSA) is 70.2 Å². The molecule has 0 aliphatic carbocycles. The minimum atomic E-state index is -0.118. The molecule has 0 unspecified atom stereocenters. The molecule has 5 nitrogen and oxygen atoms in total. The number of nitrogens with one attached hydrogen (secondary N) is 3. The molecule has 1 aromatic rings. The van der Waals surface area contributed by atoms with Gasteiger partial charge in [0, 0.05) is 13.1 Å². The van der Waals surface area contributed by atoms with Crippen molar-refractivity contribution in [2.75, 3.05) is 19.6 Å². The molecule has 0 aliphatic heterocycles. The highest BCUT2D eigenvalue weighted by Gasteiger charge is 2.03. The maximum atomic E-state index is 11.5. The lowest BCUT2D eigenvalue weighted by Crippen LogP contribution is -2.39. The molecule has 0 saturated heterocycles. The van der Waals surface area contributed by atoms with E-state index >= 15 is 0 Å². The molecule has 2 amide bonds. The van der Waals surface area contributed by atoms with Gasteiger partial charge < -0.3 is 10.6 Å². The summed E-state index contributed by atoms with van der Waals surface area (Å²) in [4.78, 5) is 22.8.